The zero-order chi connectivity index (χ0) is 12.0. The van der Waals surface area contributed by atoms with E-state index in [1.54, 1.807) is 18.3 Å². The predicted octanol–water partition coefficient (Wildman–Crippen LogP) is 1.28. The minimum absolute atomic E-state index is 0.275. The smallest absolute Gasteiger partial charge is 0.329 e. The summed E-state index contributed by atoms with van der Waals surface area (Å²) >= 11 is 3.27. The number of carbonyl (C=O) groups is 1. The molecule has 0 fully saturated rings. The van der Waals surface area contributed by atoms with Crippen molar-refractivity contribution in [1.29, 1.82) is 0 Å². The average Bonchev–Trinajstić information content (AvgIpc) is 2.31. The normalized spacial score (nSPS) is 11.6. The number of rotatable bonds is 4. The van der Waals surface area contributed by atoms with E-state index in [4.69, 9.17) is 6.42 Å². The lowest BCUT2D eigenvalue weighted by Gasteiger charge is -2.14. The number of esters is 1. The van der Waals surface area contributed by atoms with Gasteiger partial charge in [0, 0.05) is 10.7 Å². The van der Waals surface area contributed by atoms with Crippen LogP contribution in [0.1, 0.15) is 11.7 Å². The van der Waals surface area contributed by atoms with Gasteiger partial charge in [-0.1, -0.05) is 5.92 Å². The minimum atomic E-state index is -0.630. The summed E-state index contributed by atoms with van der Waals surface area (Å²) in [5.41, 5.74) is 0.574. The maximum Gasteiger partial charge on any atom is 0.329 e. The molecule has 0 aliphatic rings. The van der Waals surface area contributed by atoms with Crippen molar-refractivity contribution in [2.75, 3.05) is 13.7 Å². The highest BCUT2D eigenvalue weighted by Crippen LogP contribution is 2.14. The van der Waals surface area contributed by atoms with Gasteiger partial charge >= 0.3 is 5.97 Å². The number of terminal acetylenes is 1. The van der Waals surface area contributed by atoms with Crippen LogP contribution in [0.25, 0.3) is 0 Å². The first-order valence-corrected chi connectivity index (χ1v) is 5.34. The summed E-state index contributed by atoms with van der Waals surface area (Å²) in [6.07, 6.45) is 6.74. The van der Waals surface area contributed by atoms with Crippen LogP contribution in [0.15, 0.2) is 22.8 Å². The van der Waals surface area contributed by atoms with Crippen molar-refractivity contribution in [2.45, 2.75) is 6.04 Å². The molecule has 1 aromatic heterocycles. The second kappa shape index (κ2) is 6.26. The lowest BCUT2D eigenvalue weighted by molar-refractivity contribution is -0.143. The number of nitrogens with one attached hydrogen (secondary N) is 1. The van der Waals surface area contributed by atoms with Crippen LogP contribution < -0.4 is 5.32 Å². The van der Waals surface area contributed by atoms with Crippen molar-refractivity contribution >= 4 is 21.9 Å². The van der Waals surface area contributed by atoms with Gasteiger partial charge in [-0.25, -0.2) is 4.79 Å². The Kier molecular flexibility index (Phi) is 4.96. The lowest BCUT2D eigenvalue weighted by Crippen LogP contribution is -2.30. The van der Waals surface area contributed by atoms with E-state index in [1.807, 2.05) is 0 Å². The highest BCUT2D eigenvalue weighted by atomic mass is 79.9. The Bertz CT molecular complexity index is 397. The Morgan fingerprint density at radius 1 is 1.75 bits per heavy atom. The van der Waals surface area contributed by atoms with Crippen molar-refractivity contribution in [1.82, 2.24) is 10.3 Å². The Labute approximate surface area is 103 Å². The molecule has 1 N–H and O–H groups in total. The summed E-state index contributed by atoms with van der Waals surface area (Å²) in [5, 5.41) is 2.87. The highest BCUT2D eigenvalue weighted by molar-refractivity contribution is 9.10. The third kappa shape index (κ3) is 3.33. The topological polar surface area (TPSA) is 51.2 Å². The molecular formula is C11H11BrN2O2. The second-order valence-corrected chi connectivity index (χ2v) is 3.86. The van der Waals surface area contributed by atoms with Crippen molar-refractivity contribution in [2.24, 2.45) is 0 Å². The lowest BCUT2D eigenvalue weighted by atomic mass is 10.2. The average molecular weight is 283 g/mol. The Morgan fingerprint density at radius 2 is 2.50 bits per heavy atom. The molecule has 16 heavy (non-hydrogen) atoms. The second-order valence-electron chi connectivity index (χ2n) is 2.94. The van der Waals surface area contributed by atoms with Crippen molar-refractivity contribution in [3.05, 3.63) is 28.5 Å². The van der Waals surface area contributed by atoms with E-state index in [0.29, 0.717) is 5.69 Å². The van der Waals surface area contributed by atoms with Crippen LogP contribution in [0.2, 0.25) is 0 Å². The Balaban J connectivity index is 2.88. The van der Waals surface area contributed by atoms with Crippen LogP contribution >= 0.6 is 15.9 Å². The molecule has 5 heteroatoms. The largest absolute Gasteiger partial charge is 0.468 e. The standard InChI is InChI=1S/C11H11BrN2O2/c1-3-6-13-10(11(15)16-2)9-5-4-8(12)7-14-9/h1,4-5,7,10,13H,6H2,2H3. The summed E-state index contributed by atoms with van der Waals surface area (Å²) in [7, 11) is 1.33. The van der Waals surface area contributed by atoms with Crippen LogP contribution in [-0.2, 0) is 9.53 Å². The van der Waals surface area contributed by atoms with Crippen LogP contribution in [0.4, 0.5) is 0 Å². The predicted molar refractivity (Wildman–Crippen MR) is 63.5 cm³/mol. The maximum absolute atomic E-state index is 11.5. The minimum Gasteiger partial charge on any atom is -0.468 e. The molecule has 1 heterocycles. The number of pyridine rings is 1. The van der Waals surface area contributed by atoms with Gasteiger partial charge in [0.1, 0.15) is 6.04 Å². The fourth-order valence-corrected chi connectivity index (χ4v) is 1.38. The van der Waals surface area contributed by atoms with Gasteiger partial charge in [0.15, 0.2) is 0 Å². The number of nitrogens with zero attached hydrogens (tertiary/aromatic N) is 1. The van der Waals surface area contributed by atoms with Gasteiger partial charge < -0.3 is 4.74 Å². The molecule has 0 saturated heterocycles. The zero-order valence-electron chi connectivity index (χ0n) is 8.74. The van der Waals surface area contributed by atoms with Crippen molar-refractivity contribution in [3.63, 3.8) is 0 Å². The molecule has 4 nitrogen and oxygen atoms in total. The van der Waals surface area contributed by atoms with E-state index in [1.165, 1.54) is 7.11 Å². The number of methoxy groups -OCH3 is 1. The fraction of sp³-hybridized carbons (Fsp3) is 0.273. The Morgan fingerprint density at radius 3 is 3.00 bits per heavy atom. The number of hydrogen-bond acceptors (Lipinski definition) is 4. The third-order valence-electron chi connectivity index (χ3n) is 1.89. The zero-order valence-corrected chi connectivity index (χ0v) is 10.3. The number of carbonyl (C=O) groups excluding carboxylic acids is 1. The summed E-state index contributed by atoms with van der Waals surface area (Å²) in [6, 6.07) is 2.90. The summed E-state index contributed by atoms with van der Waals surface area (Å²) in [6.45, 7) is 0.275. The molecule has 0 radical (unpaired) electrons. The Hall–Kier alpha value is -1.38. The van der Waals surface area contributed by atoms with Crippen LogP contribution in [0, 0.1) is 12.3 Å². The first-order chi connectivity index (χ1) is 7.69. The molecule has 0 bridgehead atoms. The molecule has 0 aromatic carbocycles. The molecule has 1 aromatic rings. The third-order valence-corrected chi connectivity index (χ3v) is 2.36. The first kappa shape index (κ1) is 12.7. The van der Waals surface area contributed by atoms with Gasteiger partial charge in [0.25, 0.3) is 0 Å². The fourth-order valence-electron chi connectivity index (χ4n) is 1.15. The van der Waals surface area contributed by atoms with Crippen LogP contribution in [-0.4, -0.2) is 24.6 Å². The van der Waals surface area contributed by atoms with Gasteiger partial charge in [-0.3, -0.25) is 10.3 Å². The first-order valence-electron chi connectivity index (χ1n) is 4.55. The van der Waals surface area contributed by atoms with E-state index >= 15 is 0 Å². The van der Waals surface area contributed by atoms with Gasteiger partial charge in [0.05, 0.1) is 19.3 Å². The number of hydrogen-bond donors (Lipinski definition) is 1. The molecule has 84 valence electrons. The van der Waals surface area contributed by atoms with E-state index in [9.17, 15) is 4.79 Å². The molecule has 0 saturated carbocycles. The molecule has 1 atom stereocenters. The molecular weight excluding hydrogens is 272 g/mol. The van der Waals surface area contributed by atoms with E-state index in [0.717, 1.165) is 4.47 Å². The van der Waals surface area contributed by atoms with Gasteiger partial charge in [-0.05, 0) is 28.1 Å². The highest BCUT2D eigenvalue weighted by Gasteiger charge is 2.21. The van der Waals surface area contributed by atoms with Crippen molar-refractivity contribution in [3.8, 4) is 12.3 Å². The molecule has 0 aliphatic carbocycles. The monoisotopic (exact) mass is 282 g/mol. The van der Waals surface area contributed by atoms with E-state index in [2.05, 4.69) is 36.9 Å². The number of aromatic nitrogens is 1. The molecule has 0 spiro atoms. The molecule has 0 aliphatic heterocycles. The van der Waals surface area contributed by atoms with Crippen LogP contribution in [0.5, 0.6) is 0 Å². The molecule has 1 rings (SSSR count). The summed E-state index contributed by atoms with van der Waals surface area (Å²) in [4.78, 5) is 15.6. The van der Waals surface area contributed by atoms with Crippen molar-refractivity contribution < 1.29 is 9.53 Å². The molecule has 1 unspecified atom stereocenters. The van der Waals surface area contributed by atoms with Gasteiger partial charge in [-0.15, -0.1) is 6.42 Å². The SMILES string of the molecule is C#CCNC(C(=O)OC)c1ccc(Br)cn1. The van der Waals surface area contributed by atoms with Gasteiger partial charge in [0.2, 0.25) is 0 Å². The molecule has 0 amide bonds. The maximum atomic E-state index is 11.5. The number of ether oxygens (including phenoxy) is 1. The van der Waals surface area contributed by atoms with E-state index < -0.39 is 12.0 Å². The quantitative estimate of drug-likeness (QED) is 0.668. The summed E-state index contributed by atoms with van der Waals surface area (Å²) in [5.74, 6) is 1.99. The summed E-state index contributed by atoms with van der Waals surface area (Å²) < 4.78 is 5.52. The van der Waals surface area contributed by atoms with E-state index in [-0.39, 0.29) is 6.54 Å². The van der Waals surface area contributed by atoms with Gasteiger partial charge in [-0.2, -0.15) is 0 Å². The van der Waals surface area contributed by atoms with Crippen LogP contribution in [0.3, 0.4) is 0 Å². The number of halogens is 1.